The maximum atomic E-state index is 16.1. The molecule has 0 unspecified atom stereocenters. The van der Waals surface area contributed by atoms with Crippen molar-refractivity contribution in [1.82, 2.24) is 4.57 Å². The molecular formula is C23H22F2N4O4. The smallest absolute Gasteiger partial charge is 0.341 e. The number of hydrogen-bond donors (Lipinski definition) is 4. The number of carboxylic acids is 1. The number of nitrogens with one attached hydrogen (secondary N) is 1. The zero-order valence-electron chi connectivity index (χ0n) is 17.6. The van der Waals surface area contributed by atoms with Gasteiger partial charge in [0.2, 0.25) is 5.43 Å². The van der Waals surface area contributed by atoms with Crippen LogP contribution in [0.3, 0.4) is 0 Å². The van der Waals surface area contributed by atoms with Gasteiger partial charge in [0.1, 0.15) is 11.3 Å². The van der Waals surface area contributed by atoms with Crippen molar-refractivity contribution in [2.45, 2.75) is 32.0 Å². The molecule has 0 atom stereocenters. The molecule has 1 aliphatic carbocycles. The number of carboxylic acid groups (broad SMARTS) is 1. The fourth-order valence-corrected chi connectivity index (χ4v) is 4.55. The number of hydrogen-bond acceptors (Lipinski definition) is 6. The van der Waals surface area contributed by atoms with E-state index in [1.807, 2.05) is 6.07 Å². The maximum absolute atomic E-state index is 16.1. The lowest BCUT2D eigenvalue weighted by Crippen LogP contribution is -2.25. The Morgan fingerprint density at radius 2 is 1.97 bits per heavy atom. The van der Waals surface area contributed by atoms with Crippen molar-refractivity contribution in [3.05, 3.63) is 62.9 Å². The van der Waals surface area contributed by atoms with E-state index in [0.717, 1.165) is 17.3 Å². The van der Waals surface area contributed by atoms with E-state index >= 15 is 8.78 Å². The lowest BCUT2D eigenvalue weighted by Gasteiger charge is -2.24. The molecule has 8 nitrogen and oxygen atoms in total. The molecule has 1 aliphatic heterocycles. The number of nitrogens with zero attached hydrogens (tertiary/aromatic N) is 2. The highest BCUT2D eigenvalue weighted by Gasteiger charge is 2.35. The van der Waals surface area contributed by atoms with Crippen LogP contribution in [0.4, 0.5) is 25.8 Å². The number of aliphatic hydroxyl groups excluding tert-OH is 1. The van der Waals surface area contributed by atoms with Gasteiger partial charge >= 0.3 is 5.97 Å². The average Bonchev–Trinajstić information content (AvgIpc) is 3.53. The van der Waals surface area contributed by atoms with Crippen LogP contribution >= 0.6 is 0 Å². The molecule has 2 heterocycles. The molecule has 2 aromatic carbocycles. The van der Waals surface area contributed by atoms with Crippen LogP contribution in [0.1, 0.15) is 40.4 Å². The molecule has 2 aliphatic rings. The Morgan fingerprint density at radius 1 is 1.21 bits per heavy atom. The van der Waals surface area contributed by atoms with Gasteiger partial charge in [-0.3, -0.25) is 4.79 Å². The Morgan fingerprint density at radius 3 is 2.61 bits per heavy atom. The van der Waals surface area contributed by atoms with Gasteiger partial charge < -0.3 is 30.7 Å². The molecule has 1 saturated carbocycles. The first-order valence-electron chi connectivity index (χ1n) is 10.6. The number of rotatable bonds is 6. The summed E-state index contributed by atoms with van der Waals surface area (Å²) in [6.45, 7) is -0.0686. The predicted octanol–water partition coefficient (Wildman–Crippen LogP) is 2.82. The second kappa shape index (κ2) is 7.73. The molecule has 0 bridgehead atoms. The Bertz CT molecular complexity index is 1370. The van der Waals surface area contributed by atoms with Gasteiger partial charge in [0, 0.05) is 37.6 Å². The summed E-state index contributed by atoms with van der Waals surface area (Å²) >= 11 is 0. The fourth-order valence-electron chi connectivity index (χ4n) is 4.55. The van der Waals surface area contributed by atoms with Gasteiger partial charge in [0.05, 0.1) is 23.2 Å². The normalized spacial score (nSPS) is 15.2. The summed E-state index contributed by atoms with van der Waals surface area (Å²) in [6, 6.07) is 5.15. The quantitative estimate of drug-likeness (QED) is 0.421. The van der Waals surface area contributed by atoms with Gasteiger partial charge in [-0.05, 0) is 30.0 Å². The topological polar surface area (TPSA) is 121 Å². The van der Waals surface area contributed by atoms with Crippen molar-refractivity contribution in [2.24, 2.45) is 0 Å². The largest absolute Gasteiger partial charge is 0.477 e. The van der Waals surface area contributed by atoms with E-state index in [0.29, 0.717) is 18.5 Å². The fraction of sp³-hybridized carbons (Fsp3) is 0.304. The van der Waals surface area contributed by atoms with Gasteiger partial charge in [-0.15, -0.1) is 0 Å². The van der Waals surface area contributed by atoms with Gasteiger partial charge in [-0.25, -0.2) is 13.6 Å². The number of nitrogen functional groups attached to an aromatic ring is 1. The molecule has 0 radical (unpaired) electrons. The molecule has 0 saturated heterocycles. The molecule has 5 rings (SSSR count). The molecule has 0 amide bonds. The van der Waals surface area contributed by atoms with E-state index in [2.05, 4.69) is 5.32 Å². The molecule has 33 heavy (non-hydrogen) atoms. The number of fused-ring (bicyclic) bond motifs is 2. The first kappa shape index (κ1) is 21.2. The summed E-state index contributed by atoms with van der Waals surface area (Å²) in [6.07, 6.45) is 2.52. The lowest BCUT2D eigenvalue weighted by molar-refractivity contribution is 0.0694. The molecular weight excluding hydrogens is 434 g/mol. The summed E-state index contributed by atoms with van der Waals surface area (Å²) in [5.41, 5.74) is 5.88. The Balaban J connectivity index is 1.81. The summed E-state index contributed by atoms with van der Waals surface area (Å²) in [7, 11) is 0. The number of carbonyl (C=O) groups is 1. The predicted molar refractivity (Wildman–Crippen MR) is 120 cm³/mol. The summed E-state index contributed by atoms with van der Waals surface area (Å²) < 4.78 is 33.4. The maximum Gasteiger partial charge on any atom is 0.341 e. The van der Waals surface area contributed by atoms with Crippen molar-refractivity contribution in [3.8, 4) is 0 Å². The van der Waals surface area contributed by atoms with Crippen LogP contribution in [0.2, 0.25) is 0 Å². The highest BCUT2D eigenvalue weighted by atomic mass is 19.1. The lowest BCUT2D eigenvalue weighted by atomic mass is 10.1. The number of nitrogens with two attached hydrogens (primary N) is 1. The monoisotopic (exact) mass is 456 g/mol. The van der Waals surface area contributed by atoms with Crippen LogP contribution in [-0.4, -0.2) is 33.9 Å². The molecule has 0 spiro atoms. The minimum atomic E-state index is -1.47. The summed E-state index contributed by atoms with van der Waals surface area (Å²) in [4.78, 5) is 26.3. The number of aromatic carboxylic acids is 1. The number of anilines is 3. The minimum absolute atomic E-state index is 0.107. The average molecular weight is 456 g/mol. The summed E-state index contributed by atoms with van der Waals surface area (Å²) in [5, 5.41) is 21.1. The Hall–Kier alpha value is -3.66. The number of pyridine rings is 1. The van der Waals surface area contributed by atoms with Crippen molar-refractivity contribution >= 4 is 33.9 Å². The SMILES string of the molecule is Nc1cccc2c1CN(c1c(F)c(NCCO)c3c(=O)c(C(=O)O)cn(C4CC4)c3c1F)C2. The van der Waals surface area contributed by atoms with Crippen molar-refractivity contribution in [2.75, 3.05) is 29.1 Å². The third kappa shape index (κ3) is 3.29. The first-order valence-corrected chi connectivity index (χ1v) is 10.6. The van der Waals surface area contributed by atoms with E-state index in [1.165, 1.54) is 9.47 Å². The Kier molecular flexibility index (Phi) is 4.97. The molecule has 1 aromatic heterocycles. The number of benzene rings is 2. The van der Waals surface area contributed by atoms with Crippen LogP contribution in [-0.2, 0) is 13.1 Å². The molecule has 1 fully saturated rings. The summed E-state index contributed by atoms with van der Waals surface area (Å²) in [5.74, 6) is -3.41. The molecule has 10 heteroatoms. The zero-order valence-corrected chi connectivity index (χ0v) is 17.6. The van der Waals surface area contributed by atoms with Crippen molar-refractivity contribution in [1.29, 1.82) is 0 Å². The standard InChI is InChI=1S/C23H22F2N4O4/c24-17-19(27-6-7-30)16-20(29(12-4-5-12)10-14(22(16)31)23(32)33)18(25)21(17)28-8-11-2-1-3-15(26)13(11)9-28/h1-3,10,12,27,30H,4-9,26H2,(H,32,33). The van der Waals surface area contributed by atoms with Crippen molar-refractivity contribution < 1.29 is 23.8 Å². The van der Waals surface area contributed by atoms with Crippen molar-refractivity contribution in [3.63, 3.8) is 0 Å². The molecule has 3 aromatic rings. The molecule has 5 N–H and O–H groups in total. The number of halogens is 2. The molecule has 172 valence electrons. The third-order valence-corrected chi connectivity index (χ3v) is 6.25. The van der Waals surface area contributed by atoms with Crippen LogP contribution in [0.5, 0.6) is 0 Å². The van der Waals surface area contributed by atoms with Crippen LogP contribution < -0.4 is 21.4 Å². The number of aliphatic hydroxyl groups is 1. The third-order valence-electron chi connectivity index (χ3n) is 6.25. The number of aromatic nitrogens is 1. The van der Waals surface area contributed by atoms with E-state index in [9.17, 15) is 19.8 Å². The van der Waals surface area contributed by atoms with Gasteiger partial charge in [0.15, 0.2) is 11.6 Å². The van der Waals surface area contributed by atoms with Gasteiger partial charge in [-0.2, -0.15) is 0 Å². The van der Waals surface area contributed by atoms with Gasteiger partial charge in [-0.1, -0.05) is 12.1 Å². The second-order valence-electron chi connectivity index (χ2n) is 8.38. The minimum Gasteiger partial charge on any atom is -0.477 e. The Labute approximate surface area is 186 Å². The first-order chi connectivity index (χ1) is 15.8. The van der Waals surface area contributed by atoms with E-state index < -0.39 is 28.6 Å². The van der Waals surface area contributed by atoms with Gasteiger partial charge in [0.25, 0.3) is 0 Å². The zero-order chi connectivity index (χ0) is 23.4. The highest BCUT2D eigenvalue weighted by molar-refractivity contribution is 6.00. The van der Waals surface area contributed by atoms with E-state index in [4.69, 9.17) is 5.73 Å². The van der Waals surface area contributed by atoms with Crippen LogP contribution in [0.25, 0.3) is 10.9 Å². The van der Waals surface area contributed by atoms with Crippen LogP contribution in [0.15, 0.2) is 29.2 Å². The van der Waals surface area contributed by atoms with E-state index in [-0.39, 0.29) is 54.6 Å². The highest BCUT2D eigenvalue weighted by Crippen LogP contribution is 2.44. The van der Waals surface area contributed by atoms with Crippen LogP contribution in [0, 0.1) is 11.6 Å². The second-order valence-corrected chi connectivity index (χ2v) is 8.38. The van der Waals surface area contributed by atoms with E-state index in [1.54, 1.807) is 12.1 Å².